The van der Waals surface area contributed by atoms with E-state index in [1.165, 1.54) is 5.56 Å². The van der Waals surface area contributed by atoms with Crippen LogP contribution in [-0.2, 0) is 12.8 Å². The summed E-state index contributed by atoms with van der Waals surface area (Å²) < 4.78 is 17.2. The van der Waals surface area contributed by atoms with Gasteiger partial charge in [0.15, 0.2) is 11.5 Å². The molecule has 1 atom stereocenters. The highest BCUT2D eigenvalue weighted by Crippen LogP contribution is 2.38. The molecule has 178 valence electrons. The van der Waals surface area contributed by atoms with Crippen molar-refractivity contribution in [1.29, 1.82) is 0 Å². The van der Waals surface area contributed by atoms with Crippen molar-refractivity contribution in [2.24, 2.45) is 0 Å². The summed E-state index contributed by atoms with van der Waals surface area (Å²) in [5.74, 6) is 2.07. The first-order valence-electron chi connectivity index (χ1n) is 11.3. The third-order valence-electron chi connectivity index (χ3n) is 6.10. The Morgan fingerprint density at radius 2 is 1.71 bits per heavy atom. The molecule has 0 aliphatic carbocycles. The summed E-state index contributed by atoms with van der Waals surface area (Å²) >= 11 is 5.99. The van der Waals surface area contributed by atoms with E-state index in [1.807, 2.05) is 29.2 Å². The fraction of sp³-hybridized carbons (Fsp3) is 0.296. The molecule has 2 amide bonds. The van der Waals surface area contributed by atoms with Gasteiger partial charge in [-0.3, -0.25) is 0 Å². The SMILES string of the molecule is CCc1ccc(OC[C@H]2c3cc(OC)c(OC)cc3CCN2C(=O)Nc2ccc(Cl)cc2)cc1. The van der Waals surface area contributed by atoms with E-state index in [1.54, 1.807) is 38.5 Å². The number of hydrogen-bond donors (Lipinski definition) is 1. The van der Waals surface area contributed by atoms with Gasteiger partial charge in [-0.2, -0.15) is 0 Å². The summed E-state index contributed by atoms with van der Waals surface area (Å²) in [6.07, 6.45) is 1.67. The highest BCUT2D eigenvalue weighted by Gasteiger charge is 2.33. The number of carbonyl (C=O) groups is 1. The molecular formula is C27H29ClN2O4. The summed E-state index contributed by atoms with van der Waals surface area (Å²) in [6, 6.07) is 18.6. The van der Waals surface area contributed by atoms with E-state index in [2.05, 4.69) is 24.4 Å². The van der Waals surface area contributed by atoms with E-state index < -0.39 is 0 Å². The largest absolute Gasteiger partial charge is 0.493 e. The summed E-state index contributed by atoms with van der Waals surface area (Å²) in [7, 11) is 3.23. The van der Waals surface area contributed by atoms with Crippen LogP contribution >= 0.6 is 11.6 Å². The Kier molecular flexibility index (Phi) is 7.48. The van der Waals surface area contributed by atoms with Crippen molar-refractivity contribution in [2.45, 2.75) is 25.8 Å². The zero-order valence-electron chi connectivity index (χ0n) is 19.6. The second-order valence-corrected chi connectivity index (χ2v) is 8.55. The highest BCUT2D eigenvalue weighted by molar-refractivity contribution is 6.30. The molecule has 1 aliphatic rings. The molecule has 4 rings (SSSR count). The minimum Gasteiger partial charge on any atom is -0.493 e. The lowest BCUT2D eigenvalue weighted by Gasteiger charge is -2.37. The number of benzene rings is 3. The second kappa shape index (κ2) is 10.7. The number of carbonyl (C=O) groups excluding carboxylic acids is 1. The zero-order chi connectivity index (χ0) is 24.1. The van der Waals surface area contributed by atoms with Crippen molar-refractivity contribution in [3.8, 4) is 17.2 Å². The van der Waals surface area contributed by atoms with Crippen molar-refractivity contribution in [1.82, 2.24) is 4.90 Å². The van der Waals surface area contributed by atoms with Crippen LogP contribution in [0, 0.1) is 0 Å². The van der Waals surface area contributed by atoms with Crippen molar-refractivity contribution >= 4 is 23.3 Å². The first-order chi connectivity index (χ1) is 16.5. The maximum atomic E-state index is 13.3. The number of aryl methyl sites for hydroxylation is 1. The van der Waals surface area contributed by atoms with Gasteiger partial charge in [-0.15, -0.1) is 0 Å². The lowest BCUT2D eigenvalue weighted by atomic mass is 9.92. The zero-order valence-corrected chi connectivity index (χ0v) is 20.4. The lowest BCUT2D eigenvalue weighted by molar-refractivity contribution is 0.144. The number of rotatable bonds is 7. The number of nitrogens with zero attached hydrogens (tertiary/aromatic N) is 1. The molecule has 0 saturated heterocycles. The van der Waals surface area contributed by atoms with Crippen molar-refractivity contribution in [3.63, 3.8) is 0 Å². The first kappa shape index (κ1) is 23.8. The van der Waals surface area contributed by atoms with Crippen LogP contribution in [0.25, 0.3) is 0 Å². The van der Waals surface area contributed by atoms with E-state index >= 15 is 0 Å². The van der Waals surface area contributed by atoms with Crippen LogP contribution < -0.4 is 19.5 Å². The molecule has 0 fully saturated rings. The number of anilines is 1. The molecule has 6 nitrogen and oxygen atoms in total. The third kappa shape index (κ3) is 5.23. The van der Waals surface area contributed by atoms with Crippen LogP contribution in [0.1, 0.15) is 29.7 Å². The van der Waals surface area contributed by atoms with Gasteiger partial charge >= 0.3 is 6.03 Å². The molecule has 1 N–H and O–H groups in total. The van der Waals surface area contributed by atoms with Crippen molar-refractivity contribution < 1.29 is 19.0 Å². The number of methoxy groups -OCH3 is 2. The van der Waals surface area contributed by atoms with E-state index in [9.17, 15) is 4.79 Å². The Balaban J connectivity index is 1.62. The van der Waals surface area contributed by atoms with Crippen LogP contribution in [0.15, 0.2) is 60.7 Å². The first-order valence-corrected chi connectivity index (χ1v) is 11.7. The van der Waals surface area contributed by atoms with Gasteiger partial charge in [0.05, 0.1) is 20.3 Å². The lowest BCUT2D eigenvalue weighted by Crippen LogP contribution is -2.44. The fourth-order valence-corrected chi connectivity index (χ4v) is 4.30. The molecule has 3 aromatic rings. The van der Waals surface area contributed by atoms with Gasteiger partial charge in [0.25, 0.3) is 0 Å². The number of urea groups is 1. The molecule has 0 spiro atoms. The van der Waals surface area contributed by atoms with E-state index in [0.717, 1.165) is 23.3 Å². The molecule has 34 heavy (non-hydrogen) atoms. The molecule has 0 bridgehead atoms. The molecule has 1 aliphatic heterocycles. The molecule has 0 saturated carbocycles. The average molecular weight is 481 g/mol. The number of hydrogen-bond acceptors (Lipinski definition) is 4. The maximum Gasteiger partial charge on any atom is 0.322 e. The van der Waals surface area contributed by atoms with Crippen molar-refractivity contribution in [3.05, 3.63) is 82.4 Å². The quantitative estimate of drug-likeness (QED) is 0.442. The predicted molar refractivity (Wildman–Crippen MR) is 134 cm³/mol. The molecule has 1 heterocycles. The van der Waals surface area contributed by atoms with Gasteiger partial charge < -0.3 is 24.4 Å². The molecule has 0 radical (unpaired) electrons. The van der Waals surface area contributed by atoms with Gasteiger partial charge in [0.1, 0.15) is 12.4 Å². The van der Waals surface area contributed by atoms with Gasteiger partial charge in [0.2, 0.25) is 0 Å². The van der Waals surface area contributed by atoms with Crippen LogP contribution in [0.4, 0.5) is 10.5 Å². The summed E-state index contributed by atoms with van der Waals surface area (Å²) in [5.41, 5.74) is 4.03. The molecule has 0 aromatic heterocycles. The Bertz CT molecular complexity index is 1130. The third-order valence-corrected chi connectivity index (χ3v) is 6.35. The summed E-state index contributed by atoms with van der Waals surface area (Å²) in [6.45, 7) is 2.97. The summed E-state index contributed by atoms with van der Waals surface area (Å²) in [5, 5.41) is 3.60. The Morgan fingerprint density at radius 1 is 1.03 bits per heavy atom. The minimum absolute atomic E-state index is 0.197. The topological polar surface area (TPSA) is 60.0 Å². The van der Waals surface area contributed by atoms with Crippen LogP contribution in [-0.4, -0.2) is 38.3 Å². The van der Waals surface area contributed by atoms with E-state index in [-0.39, 0.29) is 12.1 Å². The monoisotopic (exact) mass is 480 g/mol. The molecule has 7 heteroatoms. The predicted octanol–water partition coefficient (Wildman–Crippen LogP) is 6.13. The molecule has 3 aromatic carbocycles. The van der Waals surface area contributed by atoms with Crippen LogP contribution in [0.3, 0.4) is 0 Å². The Labute approximate surface area is 205 Å². The van der Waals surface area contributed by atoms with Crippen LogP contribution in [0.5, 0.6) is 17.2 Å². The average Bonchev–Trinajstić information content (AvgIpc) is 2.87. The van der Waals surface area contributed by atoms with Crippen molar-refractivity contribution in [2.75, 3.05) is 32.7 Å². The van der Waals surface area contributed by atoms with Crippen LogP contribution in [0.2, 0.25) is 5.02 Å². The Morgan fingerprint density at radius 3 is 2.35 bits per heavy atom. The van der Waals surface area contributed by atoms with Gasteiger partial charge in [0, 0.05) is 17.3 Å². The fourth-order valence-electron chi connectivity index (χ4n) is 4.18. The van der Waals surface area contributed by atoms with E-state index in [0.29, 0.717) is 41.8 Å². The number of nitrogens with one attached hydrogen (secondary N) is 1. The smallest absolute Gasteiger partial charge is 0.322 e. The van der Waals surface area contributed by atoms with Gasteiger partial charge in [-0.05, 0) is 78.1 Å². The number of amides is 2. The Hall–Kier alpha value is -3.38. The maximum absolute atomic E-state index is 13.3. The normalized spacial score (nSPS) is 14.8. The summed E-state index contributed by atoms with van der Waals surface area (Å²) in [4.78, 5) is 15.1. The molecular weight excluding hydrogens is 452 g/mol. The number of ether oxygens (including phenoxy) is 3. The van der Waals surface area contributed by atoms with Gasteiger partial charge in [-0.25, -0.2) is 4.79 Å². The number of fused-ring (bicyclic) bond motifs is 1. The minimum atomic E-state index is -0.304. The highest BCUT2D eigenvalue weighted by atomic mass is 35.5. The molecule has 0 unspecified atom stereocenters. The standard InChI is InChI=1S/C27H29ClN2O4/c1-4-18-5-11-22(12-6-18)34-17-24-23-16-26(33-3)25(32-2)15-19(23)13-14-30(24)27(31)29-21-9-7-20(28)8-10-21/h5-12,15-16,24H,4,13-14,17H2,1-3H3,(H,29,31)/t24-/m0/s1. The second-order valence-electron chi connectivity index (χ2n) is 8.11. The van der Waals surface area contributed by atoms with Gasteiger partial charge in [-0.1, -0.05) is 30.7 Å². The number of halogens is 1. The van der Waals surface area contributed by atoms with E-state index in [4.69, 9.17) is 25.8 Å².